The fourth-order valence-electron chi connectivity index (χ4n) is 2.43. The third-order valence-corrected chi connectivity index (χ3v) is 6.42. The van der Waals surface area contributed by atoms with Gasteiger partial charge in [-0.25, -0.2) is 12.8 Å². The number of benzene rings is 1. The summed E-state index contributed by atoms with van der Waals surface area (Å²) in [5, 5.41) is -1.45. The molecule has 0 bridgehead atoms. The zero-order chi connectivity index (χ0) is 14.0. The highest BCUT2D eigenvalue weighted by molar-refractivity contribution is 7.92. The molecule has 0 N–H and O–H groups in total. The lowest BCUT2D eigenvalue weighted by atomic mass is 10.0. The molecule has 1 aliphatic heterocycles. The van der Waals surface area contributed by atoms with E-state index in [0.717, 1.165) is 6.42 Å². The van der Waals surface area contributed by atoms with Crippen LogP contribution in [0.15, 0.2) is 18.2 Å². The summed E-state index contributed by atoms with van der Waals surface area (Å²) >= 11 is 6.30. The lowest BCUT2D eigenvalue weighted by Crippen LogP contribution is -2.32. The molecule has 0 radical (unpaired) electrons. The zero-order valence-corrected chi connectivity index (χ0v) is 12.2. The molecule has 0 amide bonds. The van der Waals surface area contributed by atoms with Gasteiger partial charge in [0.25, 0.3) is 0 Å². The first kappa shape index (κ1) is 14.6. The van der Waals surface area contributed by atoms with Crippen molar-refractivity contribution in [1.82, 2.24) is 0 Å². The SMILES string of the molecule is COc1ccc(F)cc1C(Cl)C1CCCCS1(=O)=O. The molecule has 1 aromatic carbocycles. The standard InChI is InChI=1S/C13H16ClFO3S/c1-18-11-6-5-9(15)8-10(11)13(14)12-4-2-3-7-19(12,16)17/h5-6,8,12-13H,2-4,7H2,1H3. The fraction of sp³-hybridized carbons (Fsp3) is 0.538. The molecule has 1 heterocycles. The molecule has 0 aliphatic carbocycles. The molecule has 1 aliphatic rings. The Bertz CT molecular complexity index is 559. The van der Waals surface area contributed by atoms with Crippen LogP contribution >= 0.6 is 11.6 Å². The number of ether oxygens (including phenoxy) is 1. The van der Waals surface area contributed by atoms with E-state index in [4.69, 9.17) is 16.3 Å². The third-order valence-electron chi connectivity index (χ3n) is 3.44. The highest BCUT2D eigenvalue weighted by Crippen LogP contribution is 2.39. The molecule has 0 aromatic heterocycles. The van der Waals surface area contributed by atoms with Crippen molar-refractivity contribution in [3.63, 3.8) is 0 Å². The smallest absolute Gasteiger partial charge is 0.154 e. The summed E-state index contributed by atoms with van der Waals surface area (Å²) in [5.41, 5.74) is 0.402. The first-order chi connectivity index (χ1) is 8.95. The van der Waals surface area contributed by atoms with E-state index in [1.54, 1.807) is 0 Å². The van der Waals surface area contributed by atoms with Crippen LogP contribution in [0, 0.1) is 5.82 Å². The summed E-state index contributed by atoms with van der Waals surface area (Å²) in [6.45, 7) is 0. The van der Waals surface area contributed by atoms with Crippen molar-refractivity contribution >= 4 is 21.4 Å². The molecular weight excluding hydrogens is 291 g/mol. The second-order valence-electron chi connectivity index (χ2n) is 4.69. The minimum atomic E-state index is -3.22. The van der Waals surface area contributed by atoms with Crippen LogP contribution in [-0.2, 0) is 9.84 Å². The summed E-state index contributed by atoms with van der Waals surface area (Å²) in [7, 11) is -1.76. The van der Waals surface area contributed by atoms with Gasteiger partial charge < -0.3 is 4.74 Å². The maximum Gasteiger partial charge on any atom is 0.154 e. The molecular formula is C13H16ClFO3S. The quantitative estimate of drug-likeness (QED) is 0.806. The molecule has 2 atom stereocenters. The van der Waals surface area contributed by atoms with Gasteiger partial charge in [-0.3, -0.25) is 0 Å². The van der Waals surface area contributed by atoms with Crippen LogP contribution in [0.5, 0.6) is 5.75 Å². The van der Waals surface area contributed by atoms with Gasteiger partial charge in [-0.05, 0) is 31.0 Å². The van der Waals surface area contributed by atoms with Crippen LogP contribution in [0.2, 0.25) is 0 Å². The van der Waals surface area contributed by atoms with E-state index >= 15 is 0 Å². The van der Waals surface area contributed by atoms with Gasteiger partial charge in [0.15, 0.2) is 9.84 Å². The van der Waals surface area contributed by atoms with Crippen molar-refractivity contribution in [1.29, 1.82) is 0 Å². The van der Waals surface area contributed by atoms with E-state index in [1.807, 2.05) is 0 Å². The normalized spacial score (nSPS) is 23.8. The summed E-state index contributed by atoms with van der Waals surface area (Å²) < 4.78 is 42.6. The average Bonchev–Trinajstić information content (AvgIpc) is 2.37. The van der Waals surface area contributed by atoms with Gasteiger partial charge >= 0.3 is 0 Å². The number of alkyl halides is 1. The van der Waals surface area contributed by atoms with Crippen LogP contribution in [0.1, 0.15) is 30.2 Å². The van der Waals surface area contributed by atoms with Crippen LogP contribution in [0.4, 0.5) is 4.39 Å². The monoisotopic (exact) mass is 306 g/mol. The van der Waals surface area contributed by atoms with Crippen molar-refractivity contribution in [3.05, 3.63) is 29.6 Å². The number of methoxy groups -OCH3 is 1. The molecule has 1 aromatic rings. The zero-order valence-electron chi connectivity index (χ0n) is 10.6. The Morgan fingerprint density at radius 2 is 2.16 bits per heavy atom. The van der Waals surface area contributed by atoms with Gasteiger partial charge in [0.05, 0.1) is 23.5 Å². The number of sulfone groups is 1. The molecule has 2 unspecified atom stereocenters. The van der Waals surface area contributed by atoms with Gasteiger partial charge in [0.1, 0.15) is 11.6 Å². The molecule has 0 saturated carbocycles. The van der Waals surface area contributed by atoms with Gasteiger partial charge in [-0.2, -0.15) is 0 Å². The van der Waals surface area contributed by atoms with Crippen molar-refractivity contribution in [2.45, 2.75) is 29.9 Å². The second kappa shape index (κ2) is 5.67. The summed E-state index contributed by atoms with van der Waals surface area (Å²) in [5.74, 6) is 0.121. The molecule has 106 valence electrons. The highest BCUT2D eigenvalue weighted by atomic mass is 35.5. The third kappa shape index (κ3) is 3.03. The Kier molecular flexibility index (Phi) is 4.36. The maximum absolute atomic E-state index is 13.3. The molecule has 2 rings (SSSR count). The van der Waals surface area contributed by atoms with Gasteiger partial charge in [0, 0.05) is 5.56 Å². The molecule has 6 heteroatoms. The van der Waals surface area contributed by atoms with Gasteiger partial charge in [-0.15, -0.1) is 11.6 Å². The predicted octanol–water partition coefficient (Wildman–Crippen LogP) is 3.08. The second-order valence-corrected chi connectivity index (χ2v) is 7.50. The lowest BCUT2D eigenvalue weighted by molar-refractivity contribution is 0.406. The Morgan fingerprint density at radius 3 is 2.79 bits per heavy atom. The lowest BCUT2D eigenvalue weighted by Gasteiger charge is -2.27. The molecule has 1 fully saturated rings. The number of hydrogen-bond donors (Lipinski definition) is 0. The van der Waals surface area contributed by atoms with Crippen molar-refractivity contribution in [2.24, 2.45) is 0 Å². The summed E-state index contributed by atoms with van der Waals surface area (Å²) in [4.78, 5) is 0. The van der Waals surface area contributed by atoms with E-state index in [9.17, 15) is 12.8 Å². The van der Waals surface area contributed by atoms with Crippen molar-refractivity contribution in [3.8, 4) is 5.75 Å². The summed E-state index contributed by atoms with van der Waals surface area (Å²) in [6.07, 6.45) is 2.00. The molecule has 19 heavy (non-hydrogen) atoms. The minimum absolute atomic E-state index is 0.151. The van der Waals surface area contributed by atoms with Crippen LogP contribution in [0.3, 0.4) is 0 Å². The van der Waals surface area contributed by atoms with E-state index < -0.39 is 26.3 Å². The number of halogens is 2. The first-order valence-corrected chi connectivity index (χ1v) is 8.30. The Balaban J connectivity index is 2.38. The largest absolute Gasteiger partial charge is 0.496 e. The topological polar surface area (TPSA) is 43.4 Å². The molecule has 3 nitrogen and oxygen atoms in total. The fourth-order valence-corrected chi connectivity index (χ4v) is 5.14. The Morgan fingerprint density at radius 1 is 1.42 bits per heavy atom. The summed E-state index contributed by atoms with van der Waals surface area (Å²) in [6, 6.07) is 3.98. The molecule has 1 saturated heterocycles. The van der Waals surface area contributed by atoms with Crippen molar-refractivity contribution < 1.29 is 17.5 Å². The molecule has 0 spiro atoms. The van der Waals surface area contributed by atoms with Crippen LogP contribution in [0.25, 0.3) is 0 Å². The average molecular weight is 307 g/mol. The number of rotatable bonds is 3. The van der Waals surface area contributed by atoms with E-state index in [-0.39, 0.29) is 5.75 Å². The highest BCUT2D eigenvalue weighted by Gasteiger charge is 2.36. The van der Waals surface area contributed by atoms with E-state index in [0.29, 0.717) is 24.2 Å². The van der Waals surface area contributed by atoms with Crippen LogP contribution < -0.4 is 4.74 Å². The Hall–Kier alpha value is -0.810. The predicted molar refractivity (Wildman–Crippen MR) is 73.0 cm³/mol. The van der Waals surface area contributed by atoms with E-state index in [2.05, 4.69) is 0 Å². The Labute approximate surface area is 117 Å². The van der Waals surface area contributed by atoms with Gasteiger partial charge in [0.2, 0.25) is 0 Å². The minimum Gasteiger partial charge on any atom is -0.496 e. The van der Waals surface area contributed by atoms with Crippen molar-refractivity contribution in [2.75, 3.05) is 12.9 Å². The van der Waals surface area contributed by atoms with Crippen LogP contribution in [-0.4, -0.2) is 26.5 Å². The first-order valence-electron chi connectivity index (χ1n) is 6.15. The maximum atomic E-state index is 13.3. The van der Waals surface area contributed by atoms with Gasteiger partial charge in [-0.1, -0.05) is 6.42 Å². The number of hydrogen-bond acceptors (Lipinski definition) is 3. The van der Waals surface area contributed by atoms with E-state index in [1.165, 1.54) is 25.3 Å².